The number of thiophene rings is 1. The van der Waals surface area contributed by atoms with Crippen LogP contribution in [0.1, 0.15) is 15.2 Å². The molecule has 0 unspecified atom stereocenters. The molecule has 142 valence electrons. The Bertz CT molecular complexity index is 1120. The quantitative estimate of drug-likeness (QED) is 0.537. The van der Waals surface area contributed by atoms with Crippen LogP contribution in [0.25, 0.3) is 15.9 Å². The molecule has 1 amide bonds. The molecule has 28 heavy (non-hydrogen) atoms. The average Bonchev–Trinajstić information content (AvgIpc) is 3.39. The van der Waals surface area contributed by atoms with Gasteiger partial charge in [0.25, 0.3) is 5.91 Å². The third-order valence-electron chi connectivity index (χ3n) is 4.44. The summed E-state index contributed by atoms with van der Waals surface area (Å²) in [4.78, 5) is 18.9. The van der Waals surface area contributed by atoms with Gasteiger partial charge in [0.05, 0.1) is 19.9 Å². The van der Waals surface area contributed by atoms with Crippen molar-refractivity contribution in [1.82, 2.24) is 14.9 Å². The summed E-state index contributed by atoms with van der Waals surface area (Å²) in [7, 11) is 3.20. The predicted molar refractivity (Wildman–Crippen MR) is 110 cm³/mol. The Balaban J connectivity index is 1.64. The van der Waals surface area contributed by atoms with Crippen LogP contribution in [0.15, 0.2) is 61.1 Å². The molecule has 0 bridgehead atoms. The van der Waals surface area contributed by atoms with Crippen LogP contribution in [0.3, 0.4) is 0 Å². The largest absolute Gasteiger partial charge is 0.497 e. The smallest absolute Gasteiger partial charge is 0.263 e. The van der Waals surface area contributed by atoms with Gasteiger partial charge >= 0.3 is 0 Å². The number of aromatic nitrogens is 2. The third kappa shape index (κ3) is 3.32. The topological polar surface area (TPSA) is 65.4 Å². The van der Waals surface area contributed by atoms with Gasteiger partial charge in [-0.2, -0.15) is 0 Å². The number of pyridine rings is 1. The highest BCUT2D eigenvalue weighted by molar-refractivity contribution is 7.21. The first-order valence-corrected chi connectivity index (χ1v) is 9.53. The van der Waals surface area contributed by atoms with Crippen LogP contribution in [-0.2, 0) is 6.54 Å². The van der Waals surface area contributed by atoms with E-state index in [9.17, 15) is 4.79 Å². The number of carbonyl (C=O) groups is 1. The van der Waals surface area contributed by atoms with Crippen LogP contribution in [0, 0.1) is 0 Å². The maximum Gasteiger partial charge on any atom is 0.263 e. The van der Waals surface area contributed by atoms with E-state index in [1.54, 1.807) is 26.5 Å². The number of benzene rings is 1. The van der Waals surface area contributed by atoms with Gasteiger partial charge in [0, 0.05) is 42.2 Å². The number of rotatable bonds is 6. The summed E-state index contributed by atoms with van der Waals surface area (Å²) < 4.78 is 12.6. The minimum atomic E-state index is -0.149. The SMILES string of the molecule is COc1ccc(CNC(=O)c2sc3ncccc3c2-n2cccc2)c(OC)c1. The minimum Gasteiger partial charge on any atom is -0.497 e. The molecule has 4 aromatic rings. The number of fused-ring (bicyclic) bond motifs is 1. The molecular weight excluding hydrogens is 374 g/mol. The second-order valence-electron chi connectivity index (χ2n) is 6.09. The van der Waals surface area contributed by atoms with Crippen molar-refractivity contribution in [3.63, 3.8) is 0 Å². The van der Waals surface area contributed by atoms with E-state index in [-0.39, 0.29) is 5.91 Å². The molecule has 7 heteroatoms. The Hall–Kier alpha value is -3.32. The molecule has 3 aromatic heterocycles. The lowest BCUT2D eigenvalue weighted by molar-refractivity contribution is 0.0955. The number of ether oxygens (including phenoxy) is 2. The Morgan fingerprint density at radius 2 is 1.96 bits per heavy atom. The molecule has 1 N–H and O–H groups in total. The van der Waals surface area contributed by atoms with Gasteiger partial charge in [0.2, 0.25) is 0 Å². The monoisotopic (exact) mass is 393 g/mol. The van der Waals surface area contributed by atoms with Crippen LogP contribution in [0.4, 0.5) is 0 Å². The Labute approximate surface area is 166 Å². The summed E-state index contributed by atoms with van der Waals surface area (Å²) in [5, 5.41) is 3.95. The standard InChI is InChI=1S/C21H19N3O3S/c1-26-15-8-7-14(17(12-15)27-2)13-23-20(25)19-18(24-10-3-4-11-24)16-6-5-9-22-21(16)28-19/h3-12H,13H2,1-2H3,(H,23,25). The van der Waals surface area contributed by atoms with Crippen LogP contribution in [-0.4, -0.2) is 29.7 Å². The molecule has 0 aliphatic rings. The van der Waals surface area contributed by atoms with Gasteiger partial charge in [-0.1, -0.05) is 0 Å². The lowest BCUT2D eigenvalue weighted by Crippen LogP contribution is -2.23. The third-order valence-corrected chi connectivity index (χ3v) is 5.54. The zero-order chi connectivity index (χ0) is 19.5. The van der Waals surface area contributed by atoms with E-state index in [1.807, 2.05) is 53.4 Å². The van der Waals surface area contributed by atoms with Crippen molar-refractivity contribution in [2.24, 2.45) is 0 Å². The van der Waals surface area contributed by atoms with Crippen LogP contribution in [0.5, 0.6) is 11.5 Å². The molecule has 0 aliphatic carbocycles. The molecule has 0 saturated heterocycles. The number of carbonyl (C=O) groups excluding carboxylic acids is 1. The van der Waals surface area contributed by atoms with Crippen molar-refractivity contribution in [3.05, 3.63) is 71.5 Å². The summed E-state index contributed by atoms with van der Waals surface area (Å²) >= 11 is 1.39. The molecule has 0 aliphatic heterocycles. The molecule has 4 rings (SSSR count). The van der Waals surface area contributed by atoms with Crippen molar-refractivity contribution in [2.75, 3.05) is 14.2 Å². The molecule has 0 saturated carbocycles. The van der Waals surface area contributed by atoms with Crippen molar-refractivity contribution >= 4 is 27.5 Å². The van der Waals surface area contributed by atoms with E-state index in [0.717, 1.165) is 21.5 Å². The molecule has 0 atom stereocenters. The van der Waals surface area contributed by atoms with Crippen LogP contribution < -0.4 is 14.8 Å². The van der Waals surface area contributed by atoms with Crippen molar-refractivity contribution in [2.45, 2.75) is 6.54 Å². The Morgan fingerprint density at radius 3 is 2.71 bits per heavy atom. The summed E-state index contributed by atoms with van der Waals surface area (Å²) in [5.74, 6) is 1.23. The zero-order valence-corrected chi connectivity index (χ0v) is 16.3. The highest BCUT2D eigenvalue weighted by Gasteiger charge is 2.20. The molecular formula is C21H19N3O3S. The molecule has 1 aromatic carbocycles. The predicted octanol–water partition coefficient (Wildman–Crippen LogP) is 4.03. The molecule has 0 radical (unpaired) electrons. The van der Waals surface area contributed by atoms with Gasteiger partial charge in [0.15, 0.2) is 0 Å². The number of hydrogen-bond donors (Lipinski definition) is 1. The van der Waals surface area contributed by atoms with E-state index < -0.39 is 0 Å². The van der Waals surface area contributed by atoms with E-state index >= 15 is 0 Å². The fourth-order valence-corrected chi connectivity index (χ4v) is 4.13. The van der Waals surface area contributed by atoms with Gasteiger partial charge in [-0.15, -0.1) is 11.3 Å². The van der Waals surface area contributed by atoms with E-state index in [1.165, 1.54) is 11.3 Å². The van der Waals surface area contributed by atoms with Gasteiger partial charge < -0.3 is 19.4 Å². The van der Waals surface area contributed by atoms with E-state index in [0.29, 0.717) is 22.9 Å². The van der Waals surface area contributed by atoms with E-state index in [2.05, 4.69) is 10.3 Å². The van der Waals surface area contributed by atoms with Gasteiger partial charge in [-0.05, 0) is 36.4 Å². The van der Waals surface area contributed by atoms with Crippen molar-refractivity contribution in [3.8, 4) is 17.2 Å². The number of amides is 1. The fourth-order valence-electron chi connectivity index (χ4n) is 3.07. The molecule has 0 fully saturated rings. The number of nitrogens with zero attached hydrogens (tertiary/aromatic N) is 2. The van der Waals surface area contributed by atoms with Crippen LogP contribution in [0.2, 0.25) is 0 Å². The summed E-state index contributed by atoms with van der Waals surface area (Å²) in [5.41, 5.74) is 1.72. The second-order valence-corrected chi connectivity index (χ2v) is 7.09. The van der Waals surface area contributed by atoms with Crippen molar-refractivity contribution in [1.29, 1.82) is 0 Å². The minimum absolute atomic E-state index is 0.149. The molecule has 6 nitrogen and oxygen atoms in total. The first kappa shape index (κ1) is 18.1. The zero-order valence-electron chi connectivity index (χ0n) is 15.5. The van der Waals surface area contributed by atoms with Crippen molar-refractivity contribution < 1.29 is 14.3 Å². The van der Waals surface area contributed by atoms with Crippen LogP contribution >= 0.6 is 11.3 Å². The second kappa shape index (κ2) is 7.74. The Morgan fingerprint density at radius 1 is 1.14 bits per heavy atom. The number of methoxy groups -OCH3 is 2. The number of nitrogens with one attached hydrogen (secondary N) is 1. The van der Waals surface area contributed by atoms with Gasteiger partial charge in [-0.25, -0.2) is 4.98 Å². The highest BCUT2D eigenvalue weighted by atomic mass is 32.1. The summed E-state index contributed by atoms with van der Waals surface area (Å²) in [6.07, 6.45) is 5.59. The normalized spacial score (nSPS) is 10.8. The lowest BCUT2D eigenvalue weighted by Gasteiger charge is -2.12. The number of hydrogen-bond acceptors (Lipinski definition) is 5. The summed E-state index contributed by atoms with van der Waals surface area (Å²) in [6, 6.07) is 13.3. The van der Waals surface area contributed by atoms with Gasteiger partial charge in [0.1, 0.15) is 21.2 Å². The maximum absolute atomic E-state index is 13.0. The fraction of sp³-hybridized carbons (Fsp3) is 0.143. The Kier molecular flexibility index (Phi) is 4.99. The summed E-state index contributed by atoms with van der Waals surface area (Å²) in [6.45, 7) is 0.346. The molecule has 3 heterocycles. The molecule has 0 spiro atoms. The first-order chi connectivity index (χ1) is 13.7. The lowest BCUT2D eigenvalue weighted by atomic mass is 10.2. The average molecular weight is 393 g/mol. The maximum atomic E-state index is 13.0. The first-order valence-electron chi connectivity index (χ1n) is 8.71. The van der Waals surface area contributed by atoms with E-state index in [4.69, 9.17) is 9.47 Å². The highest BCUT2D eigenvalue weighted by Crippen LogP contribution is 2.33. The van der Waals surface area contributed by atoms with Gasteiger partial charge in [-0.3, -0.25) is 4.79 Å².